The highest BCUT2D eigenvalue weighted by Crippen LogP contribution is 2.43. The zero-order valence-electron chi connectivity index (χ0n) is 18.8. The van der Waals surface area contributed by atoms with Crippen LogP contribution in [0.3, 0.4) is 0 Å². The lowest BCUT2D eigenvalue weighted by Crippen LogP contribution is -2.41. The first-order valence-corrected chi connectivity index (χ1v) is 11.5. The van der Waals surface area contributed by atoms with Crippen molar-refractivity contribution in [1.82, 2.24) is 15.2 Å². The largest absolute Gasteiger partial charge is 0.379 e. The molecule has 5 rings (SSSR count). The number of rotatable bonds is 4. The van der Waals surface area contributed by atoms with Gasteiger partial charge in [0, 0.05) is 48.8 Å². The molecule has 0 spiro atoms. The predicted molar refractivity (Wildman–Crippen MR) is 125 cm³/mol. The van der Waals surface area contributed by atoms with Gasteiger partial charge in [0.25, 0.3) is 11.8 Å². The Balaban J connectivity index is 1.43. The predicted octanol–water partition coefficient (Wildman–Crippen LogP) is 2.89. The van der Waals surface area contributed by atoms with Gasteiger partial charge in [-0.15, -0.1) is 0 Å². The molecule has 1 saturated heterocycles. The van der Waals surface area contributed by atoms with E-state index in [0.29, 0.717) is 6.54 Å². The number of amides is 2. The summed E-state index contributed by atoms with van der Waals surface area (Å²) in [6.45, 7) is 8.76. The summed E-state index contributed by atoms with van der Waals surface area (Å²) in [6.07, 6.45) is 2.58. The highest BCUT2D eigenvalue weighted by atomic mass is 16.5. The second-order valence-corrected chi connectivity index (χ2v) is 8.90. The molecule has 1 aromatic carbocycles. The molecule has 3 N–H and O–H groups in total. The van der Waals surface area contributed by atoms with Crippen LogP contribution in [0.15, 0.2) is 18.2 Å². The van der Waals surface area contributed by atoms with E-state index in [1.54, 1.807) is 0 Å². The lowest BCUT2D eigenvalue weighted by atomic mass is 9.85. The van der Waals surface area contributed by atoms with Crippen LogP contribution in [-0.2, 0) is 16.0 Å². The van der Waals surface area contributed by atoms with Gasteiger partial charge in [0.1, 0.15) is 0 Å². The minimum absolute atomic E-state index is 0.0355. The third-order valence-electron chi connectivity index (χ3n) is 6.71. The third-order valence-corrected chi connectivity index (χ3v) is 6.71. The number of hydrogen-bond donors (Lipinski definition) is 3. The Kier molecular flexibility index (Phi) is 5.61. The molecule has 2 aliphatic heterocycles. The van der Waals surface area contributed by atoms with Crippen molar-refractivity contribution in [2.75, 3.05) is 44.7 Å². The number of benzene rings is 1. The molecule has 0 radical (unpaired) electrons. The van der Waals surface area contributed by atoms with E-state index in [4.69, 9.17) is 4.74 Å². The van der Waals surface area contributed by atoms with Gasteiger partial charge in [0.15, 0.2) is 0 Å². The summed E-state index contributed by atoms with van der Waals surface area (Å²) in [5.74, 6) is -0.0937. The molecule has 168 valence electrons. The van der Waals surface area contributed by atoms with Crippen LogP contribution in [-0.4, -0.2) is 61.1 Å². The molecule has 0 unspecified atom stereocenters. The SMILES string of the molecule is Cc1ccc2c(c1)C(=C1CCCc3c1[nH]c(C)c3C(=O)NCCN1CCOCC1)C(=O)N2. The number of aromatic nitrogens is 1. The molecular formula is C25H30N4O3. The summed E-state index contributed by atoms with van der Waals surface area (Å²) in [5, 5.41) is 6.11. The first kappa shape index (κ1) is 21.0. The van der Waals surface area contributed by atoms with Crippen molar-refractivity contribution in [3.8, 4) is 0 Å². The second kappa shape index (κ2) is 8.56. The van der Waals surface area contributed by atoms with Crippen molar-refractivity contribution >= 4 is 28.6 Å². The van der Waals surface area contributed by atoms with Gasteiger partial charge in [-0.05, 0) is 56.4 Å². The maximum absolute atomic E-state index is 13.1. The minimum atomic E-state index is -0.0581. The molecule has 0 atom stereocenters. The number of carbonyl (C=O) groups excluding carboxylic acids is 2. The van der Waals surface area contributed by atoms with Gasteiger partial charge < -0.3 is 20.4 Å². The van der Waals surface area contributed by atoms with Gasteiger partial charge in [0.05, 0.1) is 24.4 Å². The Morgan fingerprint density at radius 2 is 2.00 bits per heavy atom. The molecule has 0 bridgehead atoms. The van der Waals surface area contributed by atoms with Crippen molar-refractivity contribution in [2.45, 2.75) is 33.1 Å². The monoisotopic (exact) mass is 434 g/mol. The van der Waals surface area contributed by atoms with Crippen LogP contribution in [0.5, 0.6) is 0 Å². The Morgan fingerprint density at radius 1 is 1.19 bits per heavy atom. The lowest BCUT2D eigenvalue weighted by Gasteiger charge is -2.26. The summed E-state index contributed by atoms with van der Waals surface area (Å²) in [6, 6.07) is 6.04. The zero-order valence-corrected chi connectivity index (χ0v) is 18.8. The molecule has 1 aliphatic carbocycles. The normalized spacial score (nSPS) is 20.6. The van der Waals surface area contributed by atoms with Gasteiger partial charge in [-0.2, -0.15) is 0 Å². The quantitative estimate of drug-likeness (QED) is 0.646. The van der Waals surface area contributed by atoms with Gasteiger partial charge in [-0.3, -0.25) is 14.5 Å². The number of H-pyrrole nitrogens is 1. The number of allylic oxidation sites excluding steroid dienone is 1. The summed E-state index contributed by atoms with van der Waals surface area (Å²) >= 11 is 0. The summed E-state index contributed by atoms with van der Waals surface area (Å²) < 4.78 is 5.39. The van der Waals surface area contributed by atoms with Gasteiger partial charge in [0.2, 0.25) is 0 Å². The number of morpholine rings is 1. The summed E-state index contributed by atoms with van der Waals surface area (Å²) in [4.78, 5) is 31.8. The molecule has 3 heterocycles. The molecule has 0 saturated carbocycles. The van der Waals surface area contributed by atoms with Crippen LogP contribution in [0.1, 0.15) is 51.3 Å². The lowest BCUT2D eigenvalue weighted by molar-refractivity contribution is -0.110. The minimum Gasteiger partial charge on any atom is -0.379 e. The molecule has 1 fully saturated rings. The fourth-order valence-electron chi connectivity index (χ4n) is 5.13. The average Bonchev–Trinajstić information content (AvgIpc) is 3.29. The molecule has 2 amide bonds. The summed E-state index contributed by atoms with van der Waals surface area (Å²) in [5.41, 5.74) is 8.29. The van der Waals surface area contributed by atoms with E-state index in [1.165, 1.54) is 0 Å². The van der Waals surface area contributed by atoms with Crippen LogP contribution in [0.4, 0.5) is 5.69 Å². The van der Waals surface area contributed by atoms with Crippen molar-refractivity contribution in [1.29, 1.82) is 0 Å². The van der Waals surface area contributed by atoms with Crippen molar-refractivity contribution < 1.29 is 14.3 Å². The first-order valence-electron chi connectivity index (χ1n) is 11.5. The van der Waals surface area contributed by atoms with E-state index >= 15 is 0 Å². The van der Waals surface area contributed by atoms with Crippen molar-refractivity contribution in [2.24, 2.45) is 0 Å². The Hall–Kier alpha value is -2.90. The number of aromatic amines is 1. The molecule has 3 aliphatic rings. The third kappa shape index (κ3) is 3.76. The number of ether oxygens (including phenoxy) is 1. The number of hydrogen-bond acceptors (Lipinski definition) is 4. The van der Waals surface area contributed by atoms with Crippen LogP contribution >= 0.6 is 0 Å². The number of nitrogens with one attached hydrogen (secondary N) is 3. The van der Waals surface area contributed by atoms with Crippen LogP contribution in [0.25, 0.3) is 11.1 Å². The maximum Gasteiger partial charge on any atom is 0.256 e. The molecule has 1 aromatic heterocycles. The Labute approximate surface area is 188 Å². The standard InChI is InChI=1S/C25H30N4O3/c1-15-6-7-20-19(14-15)22(25(31)28-20)18-5-3-4-17-21(16(2)27-23(17)18)24(30)26-8-9-29-10-12-32-13-11-29/h6-7,14,27H,3-5,8-13H2,1-2H3,(H,26,30)(H,28,31). The summed E-state index contributed by atoms with van der Waals surface area (Å²) in [7, 11) is 0. The van der Waals surface area contributed by atoms with E-state index < -0.39 is 0 Å². The number of nitrogens with zero attached hydrogens (tertiary/aromatic N) is 1. The van der Waals surface area contributed by atoms with Crippen molar-refractivity contribution in [3.05, 3.63) is 51.8 Å². The second-order valence-electron chi connectivity index (χ2n) is 8.90. The Morgan fingerprint density at radius 3 is 2.81 bits per heavy atom. The van der Waals surface area contributed by atoms with E-state index in [9.17, 15) is 9.59 Å². The van der Waals surface area contributed by atoms with Crippen molar-refractivity contribution in [3.63, 3.8) is 0 Å². The molecule has 2 aromatic rings. The van der Waals surface area contributed by atoms with Crippen LogP contribution in [0, 0.1) is 13.8 Å². The average molecular weight is 435 g/mol. The number of anilines is 1. The number of aryl methyl sites for hydroxylation is 2. The van der Waals surface area contributed by atoms with E-state index in [1.807, 2.05) is 26.0 Å². The Bertz CT molecular complexity index is 1110. The number of fused-ring (bicyclic) bond motifs is 2. The smallest absolute Gasteiger partial charge is 0.256 e. The van der Waals surface area contributed by atoms with Crippen LogP contribution in [0.2, 0.25) is 0 Å². The molecule has 32 heavy (non-hydrogen) atoms. The van der Waals surface area contributed by atoms with Crippen LogP contribution < -0.4 is 10.6 Å². The van der Waals surface area contributed by atoms with E-state index in [2.05, 4.69) is 26.6 Å². The highest BCUT2D eigenvalue weighted by Gasteiger charge is 2.33. The molecule has 7 nitrogen and oxygen atoms in total. The maximum atomic E-state index is 13.1. The number of carbonyl (C=O) groups is 2. The fourth-order valence-corrected chi connectivity index (χ4v) is 5.13. The molecular weight excluding hydrogens is 404 g/mol. The van der Waals surface area contributed by atoms with E-state index in [-0.39, 0.29) is 11.8 Å². The molecule has 7 heteroatoms. The highest BCUT2D eigenvalue weighted by molar-refractivity contribution is 6.37. The van der Waals surface area contributed by atoms with Gasteiger partial charge >= 0.3 is 0 Å². The first-order chi connectivity index (χ1) is 15.5. The topological polar surface area (TPSA) is 86.5 Å². The van der Waals surface area contributed by atoms with E-state index in [0.717, 1.165) is 103 Å². The van der Waals surface area contributed by atoms with Gasteiger partial charge in [-0.25, -0.2) is 0 Å². The zero-order chi connectivity index (χ0) is 22.2. The van der Waals surface area contributed by atoms with Gasteiger partial charge in [-0.1, -0.05) is 11.6 Å². The fraction of sp³-hybridized carbons (Fsp3) is 0.440.